The molecule has 9 aromatic rings. The molecule has 9 rings (SSSR count). The van der Waals surface area contributed by atoms with Crippen molar-refractivity contribution >= 4 is 25.0 Å². The monoisotopic (exact) mass is 1020 g/mol. The molecule has 7 aromatic carbocycles. The first-order valence-corrected chi connectivity index (χ1v) is 28.5. The Bertz CT molecular complexity index is 3130. The van der Waals surface area contributed by atoms with Crippen LogP contribution in [0.2, 0.25) is 0 Å². The van der Waals surface area contributed by atoms with Crippen molar-refractivity contribution in [3.63, 3.8) is 0 Å². The van der Waals surface area contributed by atoms with Crippen molar-refractivity contribution in [1.29, 1.82) is 0 Å². The van der Waals surface area contributed by atoms with Crippen LogP contribution in [0.3, 0.4) is 0 Å². The van der Waals surface area contributed by atoms with Crippen LogP contribution in [-0.4, -0.2) is 14.9 Å². The Balaban J connectivity index is 1.58. The van der Waals surface area contributed by atoms with E-state index in [0.717, 1.165) is 41.5 Å². The van der Waals surface area contributed by atoms with Gasteiger partial charge in [-0.25, -0.2) is 0 Å². The zero-order valence-corrected chi connectivity index (χ0v) is 43.2. The molecule has 0 saturated carbocycles. The van der Waals surface area contributed by atoms with Gasteiger partial charge in [-0.1, -0.05) is 0 Å². The van der Waals surface area contributed by atoms with E-state index in [0.29, 0.717) is 5.92 Å². The van der Waals surface area contributed by atoms with Crippen LogP contribution in [-0.2, 0) is 19.1 Å². The number of benzene rings is 7. The van der Waals surface area contributed by atoms with Crippen LogP contribution in [0.1, 0.15) is 134 Å². The third-order valence-electron chi connectivity index (χ3n) is 13.1. The number of carbonyl (C=O) groups excluding carboxylic acids is 1. The Hall–Kier alpha value is -6.35. The number of nitrogens with one attached hydrogen (secondary N) is 1. The number of pyridine rings is 1. The van der Waals surface area contributed by atoms with E-state index in [-0.39, 0.29) is 29.6 Å². The Labute approximate surface area is 416 Å². The average Bonchev–Trinajstić information content (AvgIpc) is 3.75. The first-order valence-electron chi connectivity index (χ1n) is 24.1. The molecule has 353 valence electrons. The van der Waals surface area contributed by atoms with E-state index in [1.807, 2.05) is 18.2 Å². The average molecular weight is 1020 g/mol. The van der Waals surface area contributed by atoms with Crippen LogP contribution in [0.25, 0.3) is 22.5 Å². The number of hydrogen-bond acceptors (Lipinski definition) is 1. The number of amides is 1. The molecule has 1 amide bonds. The molecule has 0 fully saturated rings. The van der Waals surface area contributed by atoms with Gasteiger partial charge in [-0.15, -0.1) is 0 Å². The predicted octanol–water partition coefficient (Wildman–Crippen LogP) is 15.7. The number of fused-ring (bicyclic) bond motifs is 1. The molecule has 0 aliphatic carbocycles. The number of aromatic nitrogens is 2. The molecule has 0 saturated heterocycles. The molecule has 1 unspecified atom stereocenters. The van der Waals surface area contributed by atoms with E-state index in [9.17, 15) is 4.79 Å². The molecule has 6 heteroatoms. The molecule has 69 heavy (non-hydrogen) atoms. The van der Waals surface area contributed by atoms with Gasteiger partial charge in [-0.2, -0.15) is 0 Å². The fourth-order valence-corrected chi connectivity index (χ4v) is 15.9. The third-order valence-corrected chi connectivity index (χ3v) is 19.4. The Morgan fingerprint density at radius 3 is 1.32 bits per heavy atom. The summed E-state index contributed by atoms with van der Waals surface area (Å²) in [5, 5.41) is 0. The fourth-order valence-electron chi connectivity index (χ4n) is 10.0. The summed E-state index contributed by atoms with van der Waals surface area (Å²) in [6.07, 6.45) is 2.29. The van der Waals surface area contributed by atoms with Crippen LogP contribution >= 0.6 is 9.53 Å². The molecular formula is C63H63ClN3OPd. The number of hydrogen-bond donors (Lipinski definition) is 1. The second-order valence-electron chi connectivity index (χ2n) is 19.1. The van der Waals surface area contributed by atoms with E-state index in [2.05, 4.69) is 244 Å². The normalized spacial score (nSPS) is 13.1. The maximum atomic E-state index is 14.0. The van der Waals surface area contributed by atoms with Gasteiger partial charge >= 0.3 is 419 Å². The summed E-state index contributed by atoms with van der Waals surface area (Å²) in [5.41, 5.74) is 16.3. The molecule has 0 aliphatic rings. The standard InChI is InChI=1S/C55H54N2.C6H5.C2H5NO.ClH.Pd/c1-37(2)45-33-47(38(3)4)54(48(34-45)39(5)6)51-30-20-29-46-35-56(36-57(46)51)55-49(52(41-21-12-8-13-22-41)42-23-14-9-15-24-42)31-40(7)32-50(55)53(43-25-16-10-17-26-43)44-27-18-11-19-28-44;1-2-4-6-5-3-1;1-2(3)4;;/h8-35,37-39,52-53H,1-7H3;1-5H;1H3,(H2,3,4);1H;/q;;;;+2/p-2. The van der Waals surface area contributed by atoms with E-state index < -0.39 is 14.3 Å². The predicted molar refractivity (Wildman–Crippen MR) is 286 cm³/mol. The number of rotatable bonds is 13. The second-order valence-corrected chi connectivity index (χ2v) is 25.2. The Morgan fingerprint density at radius 2 is 0.928 bits per heavy atom. The van der Waals surface area contributed by atoms with Crippen molar-refractivity contribution in [2.45, 2.75) is 85.0 Å². The van der Waals surface area contributed by atoms with E-state index >= 15 is 0 Å². The van der Waals surface area contributed by atoms with Gasteiger partial charge in [0.1, 0.15) is 0 Å². The summed E-state index contributed by atoms with van der Waals surface area (Å²) in [4.78, 5) is 14.0. The fraction of sp³-hybridized carbons (Fsp3) is 0.206. The second kappa shape index (κ2) is 20.3. The minimum atomic E-state index is -4.01. The molecule has 1 atom stereocenters. The summed E-state index contributed by atoms with van der Waals surface area (Å²) >= 11 is -4.01. The molecule has 0 aliphatic heterocycles. The number of aryl methyl sites for hydroxylation is 1. The topological polar surface area (TPSA) is 38.4 Å². The molecule has 1 N–H and O–H groups in total. The van der Waals surface area contributed by atoms with Crippen LogP contribution in [0, 0.1) is 10.8 Å². The molecule has 0 radical (unpaired) electrons. The zero-order valence-electron chi connectivity index (χ0n) is 40.9. The van der Waals surface area contributed by atoms with Crippen LogP contribution in [0.15, 0.2) is 200 Å². The molecule has 0 bridgehead atoms. The molecule has 2 heterocycles. The number of halogens is 1. The van der Waals surface area contributed by atoms with E-state index in [1.54, 1.807) is 6.92 Å². The Morgan fingerprint density at radius 1 is 0.507 bits per heavy atom. The summed E-state index contributed by atoms with van der Waals surface area (Å²) in [6, 6.07) is 70.0. The van der Waals surface area contributed by atoms with Crippen LogP contribution in [0.4, 0.5) is 0 Å². The van der Waals surface area contributed by atoms with E-state index in [4.69, 9.17) is 9.53 Å². The van der Waals surface area contributed by atoms with Gasteiger partial charge in [0.05, 0.1) is 0 Å². The SMILES string of the molecule is CC(=O)[NH][Pd]([Cl])([c]1ccccc1)=[c]1n(-c2c(C(c3ccccc3)c3ccccc3)cc(C)cc2C(c2ccccc2)c2ccccc2)cc2cccc(-c3c(C(C)C)cc(C(C)C)cc3C(C)C)n12. The molecule has 2 aromatic heterocycles. The van der Waals surface area contributed by atoms with Crippen LogP contribution in [0.5, 0.6) is 0 Å². The van der Waals surface area contributed by atoms with Gasteiger partial charge in [-0.05, 0) is 0 Å². The van der Waals surface area contributed by atoms with Gasteiger partial charge in [0.15, 0.2) is 0 Å². The van der Waals surface area contributed by atoms with Gasteiger partial charge in [0.2, 0.25) is 0 Å². The molecular weight excluding hydrogens is 957 g/mol. The quantitative estimate of drug-likeness (QED) is 0.0907. The number of imidazole rings is 1. The summed E-state index contributed by atoms with van der Waals surface area (Å²) < 4.78 is 10.1. The van der Waals surface area contributed by atoms with Crippen molar-refractivity contribution in [3.05, 3.63) is 260 Å². The van der Waals surface area contributed by atoms with Gasteiger partial charge in [0, 0.05) is 0 Å². The number of nitrogens with zero attached hydrogens (tertiary/aromatic N) is 2. The first-order chi connectivity index (χ1) is 33.4. The third kappa shape index (κ3) is 9.41. The van der Waals surface area contributed by atoms with Crippen molar-refractivity contribution in [2.75, 3.05) is 0 Å². The van der Waals surface area contributed by atoms with Crippen molar-refractivity contribution in [2.24, 2.45) is 0 Å². The molecule has 4 nitrogen and oxygen atoms in total. The Kier molecular flexibility index (Phi) is 14.0. The minimum absolute atomic E-state index is 0.176. The van der Waals surface area contributed by atoms with Crippen molar-refractivity contribution in [1.82, 2.24) is 12.9 Å². The summed E-state index contributed by atoms with van der Waals surface area (Å²) in [5.74, 6) is 0.282. The maximum absolute atomic E-state index is 14.0. The first kappa shape index (κ1) is 47.7. The zero-order chi connectivity index (χ0) is 48.4. The van der Waals surface area contributed by atoms with Gasteiger partial charge in [0.25, 0.3) is 0 Å². The summed E-state index contributed by atoms with van der Waals surface area (Å²) in [7, 11) is 8.63. The van der Waals surface area contributed by atoms with Crippen molar-refractivity contribution < 1.29 is 19.1 Å². The van der Waals surface area contributed by atoms with Crippen LogP contribution < -0.4 is 7.99 Å². The van der Waals surface area contributed by atoms with Crippen molar-refractivity contribution in [3.8, 4) is 16.9 Å². The van der Waals surface area contributed by atoms with E-state index in [1.165, 1.54) is 44.5 Å². The summed E-state index contributed by atoms with van der Waals surface area (Å²) in [6.45, 7) is 17.6. The van der Waals surface area contributed by atoms with Gasteiger partial charge in [-0.3, -0.25) is 0 Å². The number of carbonyl (C=O) groups is 1. The van der Waals surface area contributed by atoms with Gasteiger partial charge < -0.3 is 0 Å². The molecule has 0 spiro atoms.